The molecule has 0 aliphatic carbocycles. The molecule has 0 heterocycles. The average molecular weight is 267 g/mol. The Bertz CT molecular complexity index is 331. The fourth-order valence-corrected chi connectivity index (χ4v) is 1.55. The van der Waals surface area contributed by atoms with Gasteiger partial charge in [-0.25, -0.2) is 0 Å². The summed E-state index contributed by atoms with van der Waals surface area (Å²) < 4.78 is 16.6. The third-order valence-electron chi connectivity index (χ3n) is 2.47. The Kier molecular flexibility index (Phi) is 8.85. The summed E-state index contributed by atoms with van der Waals surface area (Å²) in [5.74, 6) is 1.63. The molecule has 19 heavy (non-hydrogen) atoms. The highest BCUT2D eigenvalue weighted by Crippen LogP contribution is 2.26. The average Bonchev–Trinajstić information content (AvgIpc) is 2.45. The zero-order valence-electron chi connectivity index (χ0n) is 12.0. The van der Waals surface area contributed by atoms with Gasteiger partial charge in [0.15, 0.2) is 11.5 Å². The Labute approximate surface area is 116 Å². The van der Waals surface area contributed by atoms with Crippen molar-refractivity contribution in [1.82, 2.24) is 5.32 Å². The molecule has 0 radical (unpaired) electrons. The van der Waals surface area contributed by atoms with Gasteiger partial charge in [-0.15, -0.1) is 0 Å². The summed E-state index contributed by atoms with van der Waals surface area (Å²) in [5, 5.41) is 3.26. The lowest BCUT2D eigenvalue weighted by atomic mass is 10.3. The molecule has 1 N–H and O–H groups in total. The standard InChI is InChI=1S/C15H25NO3/c1-3-11-18-14-7-5-6-8-15(14)19-13-10-16-9-12-17-4-2/h5-8,16H,3-4,9-13H2,1-2H3. The van der Waals surface area contributed by atoms with Crippen molar-refractivity contribution in [3.63, 3.8) is 0 Å². The van der Waals surface area contributed by atoms with E-state index in [4.69, 9.17) is 14.2 Å². The summed E-state index contributed by atoms with van der Waals surface area (Å²) in [6.45, 7) is 8.58. The number of nitrogens with one attached hydrogen (secondary N) is 1. The second kappa shape index (κ2) is 10.6. The van der Waals surface area contributed by atoms with E-state index in [9.17, 15) is 0 Å². The summed E-state index contributed by atoms with van der Waals surface area (Å²) in [4.78, 5) is 0. The second-order valence-corrected chi connectivity index (χ2v) is 4.09. The summed E-state index contributed by atoms with van der Waals surface area (Å²) in [6.07, 6.45) is 0.993. The topological polar surface area (TPSA) is 39.7 Å². The molecule has 4 nitrogen and oxygen atoms in total. The first-order valence-electron chi connectivity index (χ1n) is 7.01. The van der Waals surface area contributed by atoms with Crippen LogP contribution in [0, 0.1) is 0 Å². The molecule has 0 bridgehead atoms. The molecule has 0 fully saturated rings. The molecule has 1 aromatic rings. The van der Waals surface area contributed by atoms with Crippen LogP contribution in [0.3, 0.4) is 0 Å². The van der Waals surface area contributed by atoms with Gasteiger partial charge in [0.1, 0.15) is 6.61 Å². The van der Waals surface area contributed by atoms with Gasteiger partial charge >= 0.3 is 0 Å². The van der Waals surface area contributed by atoms with Gasteiger partial charge in [-0.2, -0.15) is 0 Å². The molecule has 0 unspecified atom stereocenters. The van der Waals surface area contributed by atoms with Gasteiger partial charge in [-0.3, -0.25) is 0 Å². The number of hydrogen-bond acceptors (Lipinski definition) is 4. The largest absolute Gasteiger partial charge is 0.490 e. The van der Waals surface area contributed by atoms with Crippen molar-refractivity contribution in [3.8, 4) is 11.5 Å². The van der Waals surface area contributed by atoms with Crippen LogP contribution in [-0.4, -0.2) is 39.5 Å². The number of benzene rings is 1. The number of para-hydroxylation sites is 2. The SMILES string of the molecule is CCCOc1ccccc1OCCNCCOCC. The summed E-state index contributed by atoms with van der Waals surface area (Å²) in [5.41, 5.74) is 0. The quantitative estimate of drug-likeness (QED) is 0.625. The molecule has 0 spiro atoms. The molecule has 0 amide bonds. The second-order valence-electron chi connectivity index (χ2n) is 4.09. The molecular weight excluding hydrogens is 242 g/mol. The van der Waals surface area contributed by atoms with Crippen LogP contribution in [0.4, 0.5) is 0 Å². The number of ether oxygens (including phenoxy) is 3. The van der Waals surface area contributed by atoms with E-state index in [0.717, 1.165) is 44.2 Å². The number of rotatable bonds is 11. The Hall–Kier alpha value is -1.26. The molecule has 1 aromatic carbocycles. The highest BCUT2D eigenvalue weighted by atomic mass is 16.5. The summed E-state index contributed by atoms with van der Waals surface area (Å²) in [6, 6.07) is 7.79. The van der Waals surface area contributed by atoms with Crippen LogP contribution in [-0.2, 0) is 4.74 Å². The van der Waals surface area contributed by atoms with Crippen molar-refractivity contribution in [1.29, 1.82) is 0 Å². The van der Waals surface area contributed by atoms with Gasteiger partial charge in [-0.1, -0.05) is 19.1 Å². The highest BCUT2D eigenvalue weighted by molar-refractivity contribution is 5.39. The van der Waals surface area contributed by atoms with Crippen LogP contribution in [0.15, 0.2) is 24.3 Å². The van der Waals surface area contributed by atoms with E-state index in [1.54, 1.807) is 0 Å². The van der Waals surface area contributed by atoms with Gasteiger partial charge in [-0.05, 0) is 25.5 Å². The van der Waals surface area contributed by atoms with E-state index in [2.05, 4.69) is 12.2 Å². The summed E-state index contributed by atoms with van der Waals surface area (Å²) in [7, 11) is 0. The minimum atomic E-state index is 0.624. The van der Waals surface area contributed by atoms with Crippen LogP contribution in [0.5, 0.6) is 11.5 Å². The third-order valence-corrected chi connectivity index (χ3v) is 2.47. The maximum atomic E-state index is 5.71. The maximum Gasteiger partial charge on any atom is 0.161 e. The molecule has 0 saturated heterocycles. The normalized spacial score (nSPS) is 10.4. The predicted octanol–water partition coefficient (Wildman–Crippen LogP) is 2.48. The summed E-state index contributed by atoms with van der Waals surface area (Å²) >= 11 is 0. The molecule has 0 atom stereocenters. The van der Waals surface area contributed by atoms with Crippen LogP contribution in [0.2, 0.25) is 0 Å². The Balaban J connectivity index is 2.21. The predicted molar refractivity (Wildman–Crippen MR) is 77.1 cm³/mol. The molecule has 4 heteroatoms. The Morgan fingerprint density at radius 2 is 1.53 bits per heavy atom. The minimum Gasteiger partial charge on any atom is -0.490 e. The molecule has 1 rings (SSSR count). The zero-order chi connectivity index (χ0) is 13.8. The molecule has 108 valence electrons. The van der Waals surface area contributed by atoms with Crippen LogP contribution >= 0.6 is 0 Å². The Morgan fingerprint density at radius 1 is 0.895 bits per heavy atom. The fourth-order valence-electron chi connectivity index (χ4n) is 1.55. The van der Waals surface area contributed by atoms with E-state index < -0.39 is 0 Å². The Morgan fingerprint density at radius 3 is 2.16 bits per heavy atom. The third kappa shape index (κ3) is 7.03. The monoisotopic (exact) mass is 267 g/mol. The molecule has 0 aromatic heterocycles. The lowest BCUT2D eigenvalue weighted by Gasteiger charge is -2.12. The van der Waals surface area contributed by atoms with Crippen LogP contribution in [0.25, 0.3) is 0 Å². The van der Waals surface area contributed by atoms with Crippen molar-refractivity contribution in [2.45, 2.75) is 20.3 Å². The maximum absolute atomic E-state index is 5.71. The van der Waals surface area contributed by atoms with E-state index in [0.29, 0.717) is 13.2 Å². The fraction of sp³-hybridized carbons (Fsp3) is 0.600. The first-order chi connectivity index (χ1) is 9.38. The first-order valence-corrected chi connectivity index (χ1v) is 7.01. The van der Waals surface area contributed by atoms with Crippen LogP contribution in [0.1, 0.15) is 20.3 Å². The van der Waals surface area contributed by atoms with Gasteiger partial charge in [0.2, 0.25) is 0 Å². The van der Waals surface area contributed by atoms with E-state index in [1.807, 2.05) is 31.2 Å². The molecular formula is C15H25NO3. The van der Waals surface area contributed by atoms with Crippen molar-refractivity contribution in [2.75, 3.05) is 39.5 Å². The van der Waals surface area contributed by atoms with Crippen molar-refractivity contribution < 1.29 is 14.2 Å². The zero-order valence-corrected chi connectivity index (χ0v) is 12.0. The first kappa shape index (κ1) is 15.8. The minimum absolute atomic E-state index is 0.624. The molecule has 0 saturated carbocycles. The van der Waals surface area contributed by atoms with Crippen LogP contribution < -0.4 is 14.8 Å². The van der Waals surface area contributed by atoms with E-state index in [1.165, 1.54) is 0 Å². The van der Waals surface area contributed by atoms with Crippen molar-refractivity contribution in [2.24, 2.45) is 0 Å². The highest BCUT2D eigenvalue weighted by Gasteiger charge is 2.02. The lowest BCUT2D eigenvalue weighted by molar-refractivity contribution is 0.148. The molecule has 0 aliphatic heterocycles. The lowest BCUT2D eigenvalue weighted by Crippen LogP contribution is -2.25. The van der Waals surface area contributed by atoms with Crippen molar-refractivity contribution in [3.05, 3.63) is 24.3 Å². The van der Waals surface area contributed by atoms with E-state index in [-0.39, 0.29) is 0 Å². The van der Waals surface area contributed by atoms with Gasteiger partial charge in [0.25, 0.3) is 0 Å². The van der Waals surface area contributed by atoms with E-state index >= 15 is 0 Å². The van der Waals surface area contributed by atoms with Gasteiger partial charge in [0.05, 0.1) is 13.2 Å². The smallest absolute Gasteiger partial charge is 0.161 e. The van der Waals surface area contributed by atoms with Gasteiger partial charge < -0.3 is 19.5 Å². The number of hydrogen-bond donors (Lipinski definition) is 1. The van der Waals surface area contributed by atoms with Crippen molar-refractivity contribution >= 4 is 0 Å². The van der Waals surface area contributed by atoms with Gasteiger partial charge in [0, 0.05) is 19.7 Å². The molecule has 0 aliphatic rings.